The van der Waals surface area contributed by atoms with E-state index in [1.165, 1.54) is 27.8 Å². The molecule has 0 spiro atoms. The maximum absolute atomic E-state index is 6.57. The van der Waals surface area contributed by atoms with Gasteiger partial charge in [-0.1, -0.05) is 84.4 Å². The van der Waals surface area contributed by atoms with Crippen LogP contribution in [0, 0.1) is 6.92 Å². The Labute approximate surface area is 149 Å². The lowest BCUT2D eigenvalue weighted by Crippen LogP contribution is -2.27. The van der Waals surface area contributed by atoms with Crippen LogP contribution < -0.4 is 0 Å². The minimum Gasteiger partial charge on any atom is -0.482 e. The summed E-state index contributed by atoms with van der Waals surface area (Å²) in [6.07, 6.45) is 0. The van der Waals surface area contributed by atoms with Gasteiger partial charge in [-0.25, -0.2) is 0 Å². The monoisotopic (exact) mass is 326 g/mol. The molecule has 3 aromatic carbocycles. The van der Waals surface area contributed by atoms with E-state index in [9.17, 15) is 0 Å². The van der Waals surface area contributed by atoms with Gasteiger partial charge in [-0.3, -0.25) is 0 Å². The first-order chi connectivity index (χ1) is 12.1. The van der Waals surface area contributed by atoms with Gasteiger partial charge in [0, 0.05) is 16.7 Å². The minimum atomic E-state index is -0.369. The Morgan fingerprint density at radius 1 is 0.720 bits per heavy atom. The van der Waals surface area contributed by atoms with Gasteiger partial charge in [-0.2, -0.15) is 0 Å². The zero-order valence-corrected chi connectivity index (χ0v) is 14.9. The minimum absolute atomic E-state index is 0.369. The first-order valence-electron chi connectivity index (χ1n) is 8.72. The van der Waals surface area contributed by atoms with Crippen molar-refractivity contribution < 1.29 is 4.74 Å². The molecule has 0 amide bonds. The number of fused-ring (bicyclic) bond motifs is 1. The first kappa shape index (κ1) is 15.7. The quantitative estimate of drug-likeness (QED) is 0.546. The van der Waals surface area contributed by atoms with Gasteiger partial charge in [0.05, 0.1) is 0 Å². The van der Waals surface area contributed by atoms with E-state index in [1.54, 1.807) is 0 Å². The molecular formula is C24H22O. The SMILES string of the molecule is Cc1ccc2c(c1)C(c1ccccc1)=C(c1ccccc1)OC2(C)C. The van der Waals surface area contributed by atoms with Crippen LogP contribution in [0.25, 0.3) is 11.3 Å². The zero-order chi connectivity index (χ0) is 17.4. The molecule has 0 unspecified atom stereocenters. The molecule has 1 aliphatic heterocycles. The summed E-state index contributed by atoms with van der Waals surface area (Å²) in [6, 6.07) is 27.6. The molecule has 0 atom stereocenters. The van der Waals surface area contributed by atoms with E-state index in [0.29, 0.717) is 0 Å². The zero-order valence-electron chi connectivity index (χ0n) is 14.9. The van der Waals surface area contributed by atoms with Gasteiger partial charge in [0.25, 0.3) is 0 Å². The molecule has 0 aliphatic carbocycles. The summed E-state index contributed by atoms with van der Waals surface area (Å²) in [5, 5.41) is 0. The molecule has 1 nitrogen and oxygen atoms in total. The summed E-state index contributed by atoms with van der Waals surface area (Å²) >= 11 is 0. The van der Waals surface area contributed by atoms with Gasteiger partial charge in [0.1, 0.15) is 11.4 Å². The molecule has 1 heteroatoms. The lowest BCUT2D eigenvalue weighted by atomic mass is 9.82. The molecule has 0 saturated heterocycles. The smallest absolute Gasteiger partial charge is 0.136 e. The summed E-state index contributed by atoms with van der Waals surface area (Å²) < 4.78 is 6.57. The van der Waals surface area contributed by atoms with E-state index in [4.69, 9.17) is 4.74 Å². The van der Waals surface area contributed by atoms with Crippen LogP contribution in [-0.2, 0) is 10.3 Å². The Bertz CT molecular complexity index is 934. The Morgan fingerprint density at radius 2 is 1.32 bits per heavy atom. The second-order valence-electron chi connectivity index (χ2n) is 7.10. The molecule has 124 valence electrons. The predicted octanol–water partition coefficient (Wildman–Crippen LogP) is 6.18. The van der Waals surface area contributed by atoms with Crippen LogP contribution in [0.1, 0.15) is 41.7 Å². The van der Waals surface area contributed by atoms with E-state index in [1.807, 2.05) is 6.07 Å². The Hall–Kier alpha value is -2.80. The van der Waals surface area contributed by atoms with Crippen molar-refractivity contribution >= 4 is 11.3 Å². The molecule has 1 aliphatic rings. The van der Waals surface area contributed by atoms with Crippen molar-refractivity contribution in [2.24, 2.45) is 0 Å². The lowest BCUT2D eigenvalue weighted by Gasteiger charge is -2.37. The van der Waals surface area contributed by atoms with Crippen molar-refractivity contribution in [3.63, 3.8) is 0 Å². The highest BCUT2D eigenvalue weighted by molar-refractivity contribution is 5.98. The molecule has 1 heterocycles. The Kier molecular flexibility index (Phi) is 3.73. The van der Waals surface area contributed by atoms with E-state index in [-0.39, 0.29) is 5.60 Å². The molecular weight excluding hydrogens is 304 g/mol. The Morgan fingerprint density at radius 3 is 1.96 bits per heavy atom. The number of aryl methyl sites for hydroxylation is 1. The number of ether oxygens (including phenoxy) is 1. The van der Waals surface area contributed by atoms with E-state index in [2.05, 4.69) is 93.6 Å². The summed E-state index contributed by atoms with van der Waals surface area (Å²) in [6.45, 7) is 6.44. The van der Waals surface area contributed by atoms with Gasteiger partial charge < -0.3 is 4.74 Å². The molecule has 0 saturated carbocycles. The van der Waals surface area contributed by atoms with E-state index < -0.39 is 0 Å². The highest BCUT2D eigenvalue weighted by Crippen LogP contribution is 2.46. The van der Waals surface area contributed by atoms with Gasteiger partial charge in [0.2, 0.25) is 0 Å². The molecule has 4 rings (SSSR count). The highest BCUT2D eigenvalue weighted by atomic mass is 16.5. The number of hydrogen-bond acceptors (Lipinski definition) is 1. The van der Waals surface area contributed by atoms with Crippen molar-refractivity contribution in [1.29, 1.82) is 0 Å². The molecule has 0 N–H and O–H groups in total. The summed E-state index contributed by atoms with van der Waals surface area (Å²) in [5.74, 6) is 0.954. The third-order valence-electron chi connectivity index (χ3n) is 4.78. The van der Waals surface area contributed by atoms with Crippen molar-refractivity contribution in [1.82, 2.24) is 0 Å². The Balaban J connectivity index is 2.07. The van der Waals surface area contributed by atoms with Gasteiger partial charge in [-0.15, -0.1) is 0 Å². The average molecular weight is 326 g/mol. The molecule has 3 aromatic rings. The van der Waals surface area contributed by atoms with Gasteiger partial charge in [-0.05, 0) is 31.9 Å². The standard InChI is InChI=1S/C24H22O/c1-17-14-15-21-20(16-17)22(18-10-6-4-7-11-18)23(25-24(21,2)3)19-12-8-5-9-13-19/h4-16H,1-3H3. The summed E-state index contributed by atoms with van der Waals surface area (Å²) in [7, 11) is 0. The third kappa shape index (κ3) is 2.76. The van der Waals surface area contributed by atoms with Gasteiger partial charge in [0.15, 0.2) is 0 Å². The number of benzene rings is 3. The lowest BCUT2D eigenvalue weighted by molar-refractivity contribution is 0.0721. The fourth-order valence-corrected chi connectivity index (χ4v) is 3.56. The summed E-state index contributed by atoms with van der Waals surface area (Å²) in [4.78, 5) is 0. The second kappa shape index (κ2) is 5.93. The number of rotatable bonds is 2. The van der Waals surface area contributed by atoms with E-state index >= 15 is 0 Å². The van der Waals surface area contributed by atoms with Crippen LogP contribution in [0.15, 0.2) is 78.9 Å². The van der Waals surface area contributed by atoms with Crippen LogP contribution in [-0.4, -0.2) is 0 Å². The van der Waals surface area contributed by atoms with E-state index in [0.717, 1.165) is 11.3 Å². The maximum Gasteiger partial charge on any atom is 0.136 e. The highest BCUT2D eigenvalue weighted by Gasteiger charge is 2.35. The van der Waals surface area contributed by atoms with Crippen molar-refractivity contribution in [2.75, 3.05) is 0 Å². The van der Waals surface area contributed by atoms with Crippen LogP contribution in [0.3, 0.4) is 0 Å². The number of hydrogen-bond donors (Lipinski definition) is 0. The molecule has 0 fully saturated rings. The largest absolute Gasteiger partial charge is 0.482 e. The van der Waals surface area contributed by atoms with Crippen LogP contribution in [0.4, 0.5) is 0 Å². The maximum atomic E-state index is 6.57. The second-order valence-corrected chi connectivity index (χ2v) is 7.10. The van der Waals surface area contributed by atoms with Gasteiger partial charge >= 0.3 is 0 Å². The topological polar surface area (TPSA) is 9.23 Å². The first-order valence-corrected chi connectivity index (χ1v) is 8.72. The van der Waals surface area contributed by atoms with Crippen LogP contribution in [0.5, 0.6) is 0 Å². The average Bonchev–Trinajstić information content (AvgIpc) is 2.62. The predicted molar refractivity (Wildman–Crippen MR) is 104 cm³/mol. The molecule has 0 bridgehead atoms. The summed E-state index contributed by atoms with van der Waals surface area (Å²) in [5.41, 5.74) is 6.86. The molecule has 25 heavy (non-hydrogen) atoms. The molecule has 0 aromatic heterocycles. The van der Waals surface area contributed by atoms with Crippen molar-refractivity contribution in [3.05, 3.63) is 107 Å². The van der Waals surface area contributed by atoms with Crippen LogP contribution >= 0.6 is 0 Å². The van der Waals surface area contributed by atoms with Crippen LogP contribution in [0.2, 0.25) is 0 Å². The fourth-order valence-electron chi connectivity index (χ4n) is 3.56. The van der Waals surface area contributed by atoms with Crippen molar-refractivity contribution in [2.45, 2.75) is 26.4 Å². The fraction of sp³-hybridized carbons (Fsp3) is 0.167. The third-order valence-corrected chi connectivity index (χ3v) is 4.78. The normalized spacial score (nSPS) is 15.5. The van der Waals surface area contributed by atoms with Crippen molar-refractivity contribution in [3.8, 4) is 0 Å². The molecule has 0 radical (unpaired) electrons.